The summed E-state index contributed by atoms with van der Waals surface area (Å²) in [5.74, 6) is 0.166. The van der Waals surface area contributed by atoms with Crippen molar-refractivity contribution in [2.45, 2.75) is 44.4 Å². The van der Waals surface area contributed by atoms with Crippen molar-refractivity contribution in [2.75, 3.05) is 13.2 Å². The third-order valence-corrected chi connectivity index (χ3v) is 6.31. The van der Waals surface area contributed by atoms with Gasteiger partial charge in [-0.05, 0) is 49.4 Å². The molecule has 2 aliphatic rings. The molecular formula is C24H24FN3O3. The number of benzene rings is 2. The van der Waals surface area contributed by atoms with E-state index in [-0.39, 0.29) is 23.2 Å². The molecule has 31 heavy (non-hydrogen) atoms. The van der Waals surface area contributed by atoms with E-state index in [0.717, 1.165) is 24.8 Å². The van der Waals surface area contributed by atoms with Gasteiger partial charge < -0.3 is 14.1 Å². The van der Waals surface area contributed by atoms with Crippen LogP contribution in [-0.4, -0.2) is 39.8 Å². The summed E-state index contributed by atoms with van der Waals surface area (Å²) in [6.07, 6.45) is 1.07. The largest absolute Gasteiger partial charge is 0.418 e. The fourth-order valence-corrected chi connectivity index (χ4v) is 4.60. The van der Waals surface area contributed by atoms with Crippen molar-refractivity contribution in [1.82, 2.24) is 15.1 Å². The lowest BCUT2D eigenvalue weighted by Crippen LogP contribution is -2.53. The molecule has 1 aromatic heterocycles. The van der Waals surface area contributed by atoms with Gasteiger partial charge >= 0.3 is 0 Å². The molecule has 0 radical (unpaired) electrons. The molecule has 0 aliphatic carbocycles. The maximum absolute atomic E-state index is 13.5. The molecule has 0 N–H and O–H groups in total. The van der Waals surface area contributed by atoms with Gasteiger partial charge in [0, 0.05) is 30.9 Å². The highest BCUT2D eigenvalue weighted by Crippen LogP contribution is 2.39. The first-order chi connectivity index (χ1) is 15.1. The molecule has 1 amide bonds. The highest BCUT2D eigenvalue weighted by atomic mass is 19.1. The quantitative estimate of drug-likeness (QED) is 0.606. The molecule has 3 aromatic rings. The molecule has 3 heterocycles. The monoisotopic (exact) mass is 421 g/mol. The van der Waals surface area contributed by atoms with E-state index in [2.05, 4.69) is 22.3 Å². The van der Waals surface area contributed by atoms with Crippen LogP contribution in [0.2, 0.25) is 0 Å². The number of amides is 1. The number of rotatable bonds is 5. The van der Waals surface area contributed by atoms with Crippen LogP contribution in [-0.2, 0) is 17.7 Å². The predicted octanol–water partition coefficient (Wildman–Crippen LogP) is 4.51. The maximum Gasteiger partial charge on any atom is 0.255 e. The Morgan fingerprint density at radius 3 is 2.61 bits per heavy atom. The summed E-state index contributed by atoms with van der Waals surface area (Å²) in [5.41, 5.74) is 3.18. The number of aromatic nitrogens is 2. The smallest absolute Gasteiger partial charge is 0.255 e. The van der Waals surface area contributed by atoms with Gasteiger partial charge in [0.15, 0.2) is 6.17 Å². The summed E-state index contributed by atoms with van der Waals surface area (Å²) in [6.45, 7) is 3.20. The van der Waals surface area contributed by atoms with Gasteiger partial charge in [0.25, 0.3) is 11.8 Å². The van der Waals surface area contributed by atoms with E-state index < -0.39 is 6.17 Å². The van der Waals surface area contributed by atoms with Crippen LogP contribution in [0, 0.1) is 0 Å². The van der Waals surface area contributed by atoms with Gasteiger partial charge in [-0.1, -0.05) is 36.4 Å². The topological polar surface area (TPSA) is 68.5 Å². The van der Waals surface area contributed by atoms with Crippen LogP contribution in [0.5, 0.6) is 0 Å². The Bertz CT molecular complexity index is 1090. The molecular weight excluding hydrogens is 397 g/mol. The molecule has 6 nitrogen and oxygen atoms in total. The summed E-state index contributed by atoms with van der Waals surface area (Å²) in [7, 11) is 0. The number of halogens is 1. The van der Waals surface area contributed by atoms with Gasteiger partial charge in [0.05, 0.1) is 5.54 Å². The van der Waals surface area contributed by atoms with Crippen molar-refractivity contribution in [2.24, 2.45) is 0 Å². The Balaban J connectivity index is 1.46. The van der Waals surface area contributed by atoms with E-state index in [4.69, 9.17) is 9.15 Å². The number of hydrogen-bond donors (Lipinski definition) is 0. The lowest BCUT2D eigenvalue weighted by Gasteiger charge is -2.44. The Kier molecular flexibility index (Phi) is 5.06. The second kappa shape index (κ2) is 7.89. The van der Waals surface area contributed by atoms with Gasteiger partial charge in [0.2, 0.25) is 5.89 Å². The highest BCUT2D eigenvalue weighted by molar-refractivity contribution is 5.99. The van der Waals surface area contributed by atoms with Crippen molar-refractivity contribution in [1.29, 1.82) is 0 Å². The van der Waals surface area contributed by atoms with E-state index in [1.807, 2.05) is 35.2 Å². The molecule has 7 heteroatoms. The van der Waals surface area contributed by atoms with Crippen LogP contribution < -0.4 is 0 Å². The normalized spacial score (nSPS) is 18.8. The molecule has 2 aliphatic heterocycles. The Morgan fingerprint density at radius 2 is 1.90 bits per heavy atom. The fraction of sp³-hybridized carbons (Fsp3) is 0.375. The van der Waals surface area contributed by atoms with Gasteiger partial charge in [0.1, 0.15) is 0 Å². The number of hydrogen-bond acceptors (Lipinski definition) is 5. The summed E-state index contributed by atoms with van der Waals surface area (Å²) >= 11 is 0. The number of nitrogens with zero attached hydrogens (tertiary/aromatic N) is 3. The van der Waals surface area contributed by atoms with E-state index in [0.29, 0.717) is 30.9 Å². The predicted molar refractivity (Wildman–Crippen MR) is 112 cm³/mol. The number of alkyl halides is 1. The molecule has 0 bridgehead atoms. The Hall–Kier alpha value is -3.06. The van der Waals surface area contributed by atoms with Crippen molar-refractivity contribution in [3.63, 3.8) is 0 Å². The lowest BCUT2D eigenvalue weighted by molar-refractivity contribution is -0.0195. The fourth-order valence-electron chi connectivity index (χ4n) is 4.60. The molecule has 160 valence electrons. The van der Waals surface area contributed by atoms with Crippen LogP contribution in [0.15, 0.2) is 52.9 Å². The van der Waals surface area contributed by atoms with Gasteiger partial charge in [-0.25, -0.2) is 4.39 Å². The molecule has 1 unspecified atom stereocenters. The van der Waals surface area contributed by atoms with Crippen LogP contribution in [0.3, 0.4) is 0 Å². The van der Waals surface area contributed by atoms with E-state index in [1.54, 1.807) is 6.07 Å². The zero-order valence-corrected chi connectivity index (χ0v) is 17.4. The summed E-state index contributed by atoms with van der Waals surface area (Å²) in [4.78, 5) is 15.6. The number of fused-ring (bicyclic) bond motifs is 1. The third-order valence-electron chi connectivity index (χ3n) is 6.31. The average Bonchev–Trinajstić information content (AvgIpc) is 3.41. The maximum atomic E-state index is 13.5. The van der Waals surface area contributed by atoms with Gasteiger partial charge in [-0.15, -0.1) is 10.2 Å². The Labute approximate surface area is 180 Å². The van der Waals surface area contributed by atoms with Crippen LogP contribution in [0.25, 0.3) is 11.5 Å². The molecule has 1 atom stereocenters. The van der Waals surface area contributed by atoms with Crippen LogP contribution >= 0.6 is 0 Å². The van der Waals surface area contributed by atoms with Crippen molar-refractivity contribution in [3.8, 4) is 11.5 Å². The molecule has 0 saturated carbocycles. The first kappa shape index (κ1) is 19.9. The minimum atomic E-state index is -1.33. The second-order valence-corrected chi connectivity index (χ2v) is 8.32. The van der Waals surface area contributed by atoms with E-state index in [1.165, 1.54) is 12.5 Å². The molecule has 1 fully saturated rings. The average molecular weight is 421 g/mol. The molecule has 1 saturated heterocycles. The van der Waals surface area contributed by atoms with Gasteiger partial charge in [-0.3, -0.25) is 4.79 Å². The van der Waals surface area contributed by atoms with Crippen LogP contribution in [0.4, 0.5) is 4.39 Å². The van der Waals surface area contributed by atoms with Crippen molar-refractivity contribution < 1.29 is 18.3 Å². The molecule has 2 aromatic carbocycles. The number of carbonyl (C=O) groups excluding carboxylic acids is 1. The van der Waals surface area contributed by atoms with Crippen molar-refractivity contribution in [3.05, 3.63) is 71.1 Å². The summed E-state index contributed by atoms with van der Waals surface area (Å²) in [5, 5.41) is 7.69. The zero-order chi connectivity index (χ0) is 21.4. The zero-order valence-electron chi connectivity index (χ0n) is 17.4. The number of ether oxygens (including phenoxy) is 1. The molecule has 5 rings (SSSR count). The van der Waals surface area contributed by atoms with E-state index in [9.17, 15) is 9.18 Å². The highest BCUT2D eigenvalue weighted by Gasteiger charge is 2.45. The Morgan fingerprint density at radius 1 is 1.13 bits per heavy atom. The first-order valence-corrected chi connectivity index (χ1v) is 10.6. The minimum absolute atomic E-state index is 0.00767. The van der Waals surface area contributed by atoms with Crippen LogP contribution in [0.1, 0.15) is 53.3 Å². The lowest BCUT2D eigenvalue weighted by atomic mass is 9.82. The standard InChI is InChI=1S/C24H24FN3O3/c1-16(25)21-26-27-22(31-21)18-7-8-19-15-28(23(29)20(19)13-18)24(9-11-30-12-10-24)14-17-5-3-2-4-6-17/h2-8,13,16H,9-12,14-15H2,1H3. The van der Waals surface area contributed by atoms with Crippen molar-refractivity contribution >= 4 is 5.91 Å². The van der Waals surface area contributed by atoms with E-state index >= 15 is 0 Å². The third kappa shape index (κ3) is 3.63. The first-order valence-electron chi connectivity index (χ1n) is 10.6. The van der Waals surface area contributed by atoms with Gasteiger partial charge in [-0.2, -0.15) is 0 Å². The molecule has 0 spiro atoms. The minimum Gasteiger partial charge on any atom is -0.418 e. The number of carbonyl (C=O) groups is 1. The SMILES string of the molecule is CC(F)c1nnc(-c2ccc3c(c2)C(=O)N(C2(Cc4ccccc4)CCOCC2)C3)o1. The summed E-state index contributed by atoms with van der Waals surface area (Å²) < 4.78 is 24.5. The second-order valence-electron chi connectivity index (χ2n) is 8.32. The summed E-state index contributed by atoms with van der Waals surface area (Å²) in [6, 6.07) is 15.9.